The lowest BCUT2D eigenvalue weighted by Gasteiger charge is -2.01. The first-order chi connectivity index (χ1) is 5.31. The zero-order valence-electron chi connectivity index (χ0n) is 6.81. The highest BCUT2D eigenvalue weighted by atomic mass is 16.1. The molecule has 0 unspecified atom stereocenters. The quantitative estimate of drug-likeness (QED) is 0.411. The molecule has 0 atom stereocenters. The molecule has 0 saturated carbocycles. The minimum Gasteiger partial charge on any atom is -0.355 e. The average Bonchev–Trinajstić information content (AvgIpc) is 2.01. The van der Waals surface area contributed by atoms with Gasteiger partial charge in [-0.15, -0.1) is 0 Å². The lowest BCUT2D eigenvalue weighted by molar-refractivity contribution is -0.121. The lowest BCUT2D eigenvalue weighted by atomic mass is 9.99. The topological polar surface area (TPSA) is 55.1 Å². The maximum absolute atomic E-state index is 10.9. The van der Waals surface area contributed by atoms with Crippen molar-refractivity contribution in [3.05, 3.63) is 0 Å². The Balaban J connectivity index is 3.09. The van der Waals surface area contributed by atoms with Gasteiger partial charge in [-0.3, -0.25) is 4.79 Å². The van der Waals surface area contributed by atoms with Crippen LogP contribution in [0.5, 0.6) is 0 Å². The van der Waals surface area contributed by atoms with Gasteiger partial charge in [0.2, 0.25) is 5.91 Å². The van der Waals surface area contributed by atoms with Gasteiger partial charge in [0.05, 0.1) is 7.85 Å². The van der Waals surface area contributed by atoms with Crippen molar-refractivity contribution in [3.63, 3.8) is 0 Å². The van der Waals surface area contributed by atoms with Crippen molar-refractivity contribution in [1.29, 1.82) is 0 Å². The summed E-state index contributed by atoms with van der Waals surface area (Å²) in [5.74, 6) is 0.0731. The van der Waals surface area contributed by atoms with E-state index in [1.54, 1.807) is 0 Å². The number of carbonyl (C=O) groups is 1. The van der Waals surface area contributed by atoms with E-state index in [2.05, 4.69) is 5.32 Å². The Morgan fingerprint density at radius 3 is 2.73 bits per heavy atom. The van der Waals surface area contributed by atoms with E-state index in [0.717, 1.165) is 12.8 Å². The second kappa shape index (κ2) is 7.60. The highest BCUT2D eigenvalue weighted by Gasteiger charge is 1.97. The van der Waals surface area contributed by atoms with Crippen molar-refractivity contribution in [3.8, 4) is 0 Å². The third kappa shape index (κ3) is 7.39. The van der Waals surface area contributed by atoms with E-state index in [-0.39, 0.29) is 5.91 Å². The van der Waals surface area contributed by atoms with E-state index in [4.69, 9.17) is 13.6 Å². The second-order valence-electron chi connectivity index (χ2n) is 2.38. The Bertz CT molecular complexity index is 109. The Kier molecular flexibility index (Phi) is 7.25. The molecular formula is C7H15BN2O. The third-order valence-corrected chi connectivity index (χ3v) is 1.32. The SMILES string of the molecule is [B]CCCCC(=O)NCCN. The minimum absolute atomic E-state index is 0.0731. The molecule has 0 spiro atoms. The molecule has 0 aliphatic carbocycles. The summed E-state index contributed by atoms with van der Waals surface area (Å²) in [6.45, 7) is 1.07. The normalized spacial score (nSPS) is 9.55. The van der Waals surface area contributed by atoms with Crippen LogP contribution >= 0.6 is 0 Å². The van der Waals surface area contributed by atoms with Gasteiger partial charge in [0, 0.05) is 19.5 Å². The molecule has 0 aromatic heterocycles. The first kappa shape index (κ1) is 10.5. The number of rotatable bonds is 6. The first-order valence-corrected chi connectivity index (χ1v) is 3.98. The summed E-state index contributed by atoms with van der Waals surface area (Å²) < 4.78 is 0. The number of amides is 1. The highest BCUT2D eigenvalue weighted by Crippen LogP contribution is 1.96. The van der Waals surface area contributed by atoms with E-state index >= 15 is 0 Å². The standard InChI is InChI=1S/C7H15BN2O/c8-4-2-1-3-7(11)10-6-5-9/h1-6,9H2,(H,10,11). The molecule has 3 nitrogen and oxygen atoms in total. The molecule has 2 radical (unpaired) electrons. The van der Waals surface area contributed by atoms with Crippen molar-refractivity contribution in [1.82, 2.24) is 5.32 Å². The molecule has 11 heavy (non-hydrogen) atoms. The smallest absolute Gasteiger partial charge is 0.220 e. The molecular weight excluding hydrogens is 139 g/mol. The maximum Gasteiger partial charge on any atom is 0.220 e. The Morgan fingerprint density at radius 1 is 1.45 bits per heavy atom. The fourth-order valence-electron chi connectivity index (χ4n) is 0.730. The van der Waals surface area contributed by atoms with Crippen molar-refractivity contribution >= 4 is 13.8 Å². The molecule has 0 aromatic carbocycles. The van der Waals surface area contributed by atoms with Crippen LogP contribution in [0, 0.1) is 0 Å². The summed E-state index contributed by atoms with van der Waals surface area (Å²) in [5, 5.41) is 2.69. The Labute approximate surface area is 69.1 Å². The van der Waals surface area contributed by atoms with Crippen LogP contribution in [0.1, 0.15) is 19.3 Å². The molecule has 0 aromatic rings. The van der Waals surface area contributed by atoms with E-state index in [0.29, 0.717) is 25.8 Å². The average molecular weight is 154 g/mol. The van der Waals surface area contributed by atoms with Crippen LogP contribution in [0.25, 0.3) is 0 Å². The number of hydrogen-bond acceptors (Lipinski definition) is 2. The van der Waals surface area contributed by atoms with Gasteiger partial charge in [-0.25, -0.2) is 0 Å². The van der Waals surface area contributed by atoms with E-state index in [9.17, 15) is 4.79 Å². The third-order valence-electron chi connectivity index (χ3n) is 1.32. The van der Waals surface area contributed by atoms with Crippen molar-refractivity contribution in [2.75, 3.05) is 13.1 Å². The highest BCUT2D eigenvalue weighted by molar-refractivity contribution is 6.08. The minimum atomic E-state index is 0.0731. The van der Waals surface area contributed by atoms with Gasteiger partial charge in [0.15, 0.2) is 0 Å². The molecule has 0 aliphatic rings. The molecule has 0 heterocycles. The molecule has 0 rings (SSSR count). The van der Waals surface area contributed by atoms with Crippen LogP contribution in [-0.2, 0) is 4.79 Å². The number of nitrogens with one attached hydrogen (secondary N) is 1. The van der Waals surface area contributed by atoms with Crippen LogP contribution < -0.4 is 11.1 Å². The van der Waals surface area contributed by atoms with Gasteiger partial charge in [-0.2, -0.15) is 0 Å². The van der Waals surface area contributed by atoms with Gasteiger partial charge in [-0.05, 0) is 6.42 Å². The molecule has 0 bridgehead atoms. The Hall–Kier alpha value is -0.505. The zero-order chi connectivity index (χ0) is 8.53. The molecule has 1 amide bonds. The Morgan fingerprint density at radius 2 is 2.18 bits per heavy atom. The molecule has 0 saturated heterocycles. The van der Waals surface area contributed by atoms with Gasteiger partial charge >= 0.3 is 0 Å². The number of hydrogen-bond donors (Lipinski definition) is 2. The van der Waals surface area contributed by atoms with Crippen LogP contribution in [0.2, 0.25) is 6.32 Å². The largest absolute Gasteiger partial charge is 0.355 e. The molecule has 62 valence electrons. The van der Waals surface area contributed by atoms with Crippen LogP contribution in [0.15, 0.2) is 0 Å². The van der Waals surface area contributed by atoms with E-state index in [1.165, 1.54) is 0 Å². The van der Waals surface area contributed by atoms with E-state index in [1.807, 2.05) is 0 Å². The van der Waals surface area contributed by atoms with Crippen molar-refractivity contribution < 1.29 is 4.79 Å². The maximum atomic E-state index is 10.9. The van der Waals surface area contributed by atoms with Crippen LogP contribution in [-0.4, -0.2) is 26.8 Å². The summed E-state index contributed by atoms with van der Waals surface area (Å²) in [7, 11) is 5.26. The van der Waals surface area contributed by atoms with Crippen molar-refractivity contribution in [2.45, 2.75) is 25.6 Å². The molecule has 0 aliphatic heterocycles. The number of nitrogens with two attached hydrogens (primary N) is 1. The lowest BCUT2D eigenvalue weighted by Crippen LogP contribution is -2.28. The summed E-state index contributed by atoms with van der Waals surface area (Å²) >= 11 is 0. The van der Waals surface area contributed by atoms with E-state index < -0.39 is 0 Å². The fraction of sp³-hybridized carbons (Fsp3) is 0.857. The summed E-state index contributed by atoms with van der Waals surface area (Å²) in [6.07, 6.45) is 3.00. The number of unbranched alkanes of at least 4 members (excludes halogenated alkanes) is 1. The summed E-state index contributed by atoms with van der Waals surface area (Å²) in [5.41, 5.74) is 5.20. The van der Waals surface area contributed by atoms with Gasteiger partial charge in [0.1, 0.15) is 0 Å². The van der Waals surface area contributed by atoms with Crippen LogP contribution in [0.3, 0.4) is 0 Å². The predicted octanol–water partition coefficient (Wildman–Crippen LogP) is -0.182. The predicted molar refractivity (Wildman–Crippen MR) is 46.5 cm³/mol. The second-order valence-corrected chi connectivity index (χ2v) is 2.38. The monoisotopic (exact) mass is 154 g/mol. The van der Waals surface area contributed by atoms with Gasteiger partial charge in [0.25, 0.3) is 0 Å². The van der Waals surface area contributed by atoms with Crippen molar-refractivity contribution in [2.24, 2.45) is 5.73 Å². The summed E-state index contributed by atoms with van der Waals surface area (Å²) in [4.78, 5) is 10.9. The molecule has 0 fully saturated rings. The fourth-order valence-corrected chi connectivity index (χ4v) is 0.730. The molecule has 4 heteroatoms. The van der Waals surface area contributed by atoms with Gasteiger partial charge in [-0.1, -0.05) is 12.7 Å². The summed E-state index contributed by atoms with van der Waals surface area (Å²) in [6, 6.07) is 0. The zero-order valence-corrected chi connectivity index (χ0v) is 6.81. The first-order valence-electron chi connectivity index (χ1n) is 3.98. The van der Waals surface area contributed by atoms with Crippen LogP contribution in [0.4, 0.5) is 0 Å². The molecule has 3 N–H and O–H groups in total. The number of carbonyl (C=O) groups excluding carboxylic acids is 1. The van der Waals surface area contributed by atoms with Gasteiger partial charge < -0.3 is 11.1 Å².